The van der Waals surface area contributed by atoms with Crippen LogP contribution in [0, 0.1) is 13.8 Å². The fraction of sp³-hybridized carbons (Fsp3) is 0.182. The van der Waals surface area contributed by atoms with Gasteiger partial charge in [0.25, 0.3) is 5.91 Å². The summed E-state index contributed by atoms with van der Waals surface area (Å²) in [7, 11) is 0. The normalized spacial score (nSPS) is 12.5. The number of hydrogen-bond donors (Lipinski definition) is 1. The van der Waals surface area contributed by atoms with E-state index in [4.69, 9.17) is 9.47 Å². The number of nitrogens with zero attached hydrogens (tertiary/aromatic N) is 1. The molecule has 0 saturated heterocycles. The first-order valence-corrected chi connectivity index (χ1v) is 8.85. The minimum atomic E-state index is -0.141. The first-order valence-electron chi connectivity index (χ1n) is 8.85. The van der Waals surface area contributed by atoms with Crippen molar-refractivity contribution in [2.75, 3.05) is 18.5 Å². The average Bonchev–Trinajstić information content (AvgIpc) is 2.68. The van der Waals surface area contributed by atoms with Crippen LogP contribution in [0.15, 0.2) is 54.7 Å². The third-order valence-electron chi connectivity index (χ3n) is 4.58. The standard InChI is InChI=1S/C22H20N2O3/c1-14-5-3-4-6-17(14)22(25)24-16-7-8-19(23-13-16)18-12-21-20(11-15(18)2)26-9-10-27-21/h3-8,11-13H,9-10H2,1-2H3,(H,24,25). The molecule has 2 heterocycles. The van der Waals surface area contributed by atoms with Gasteiger partial charge in [0.05, 0.1) is 17.6 Å². The smallest absolute Gasteiger partial charge is 0.255 e. The van der Waals surface area contributed by atoms with Crippen LogP contribution in [0.5, 0.6) is 11.5 Å². The van der Waals surface area contributed by atoms with Crippen molar-refractivity contribution in [3.8, 4) is 22.8 Å². The van der Waals surface area contributed by atoms with Crippen LogP contribution in [0.25, 0.3) is 11.3 Å². The molecular weight excluding hydrogens is 340 g/mol. The van der Waals surface area contributed by atoms with Crippen molar-refractivity contribution in [3.63, 3.8) is 0 Å². The van der Waals surface area contributed by atoms with Crippen molar-refractivity contribution in [1.29, 1.82) is 0 Å². The highest BCUT2D eigenvalue weighted by Crippen LogP contribution is 2.36. The zero-order valence-electron chi connectivity index (χ0n) is 15.3. The number of ether oxygens (including phenoxy) is 2. The van der Waals surface area contributed by atoms with E-state index in [1.54, 1.807) is 6.20 Å². The van der Waals surface area contributed by atoms with Gasteiger partial charge in [-0.25, -0.2) is 0 Å². The number of rotatable bonds is 3. The Labute approximate surface area is 158 Å². The lowest BCUT2D eigenvalue weighted by Crippen LogP contribution is -2.15. The van der Waals surface area contributed by atoms with Crippen LogP contribution < -0.4 is 14.8 Å². The van der Waals surface area contributed by atoms with Gasteiger partial charge in [-0.15, -0.1) is 0 Å². The number of hydrogen-bond acceptors (Lipinski definition) is 4. The Morgan fingerprint density at radius 3 is 2.41 bits per heavy atom. The molecule has 5 heteroatoms. The van der Waals surface area contributed by atoms with E-state index in [0.29, 0.717) is 24.5 Å². The summed E-state index contributed by atoms with van der Waals surface area (Å²) in [4.78, 5) is 17.0. The minimum Gasteiger partial charge on any atom is -0.486 e. The highest BCUT2D eigenvalue weighted by Gasteiger charge is 2.16. The second-order valence-corrected chi connectivity index (χ2v) is 6.51. The summed E-state index contributed by atoms with van der Waals surface area (Å²) in [5, 5.41) is 2.90. The number of aromatic nitrogens is 1. The quantitative estimate of drug-likeness (QED) is 0.753. The largest absolute Gasteiger partial charge is 0.486 e. The highest BCUT2D eigenvalue weighted by molar-refractivity contribution is 6.05. The van der Waals surface area contributed by atoms with Crippen molar-refractivity contribution in [2.24, 2.45) is 0 Å². The average molecular weight is 360 g/mol. The van der Waals surface area contributed by atoms with Gasteiger partial charge in [-0.2, -0.15) is 0 Å². The van der Waals surface area contributed by atoms with Crippen LogP contribution >= 0.6 is 0 Å². The Morgan fingerprint density at radius 1 is 0.963 bits per heavy atom. The van der Waals surface area contributed by atoms with Gasteiger partial charge in [-0.1, -0.05) is 18.2 Å². The van der Waals surface area contributed by atoms with Crippen molar-refractivity contribution in [1.82, 2.24) is 4.98 Å². The minimum absolute atomic E-state index is 0.141. The molecule has 0 atom stereocenters. The Hall–Kier alpha value is -3.34. The number of carbonyl (C=O) groups is 1. The maximum atomic E-state index is 12.4. The van der Waals surface area contributed by atoms with E-state index in [0.717, 1.165) is 33.9 Å². The molecule has 0 unspecified atom stereocenters. The molecule has 0 spiro atoms. The van der Waals surface area contributed by atoms with E-state index in [1.165, 1.54) is 0 Å². The third-order valence-corrected chi connectivity index (χ3v) is 4.58. The molecule has 4 rings (SSSR count). The summed E-state index contributed by atoms with van der Waals surface area (Å²) >= 11 is 0. The Morgan fingerprint density at radius 2 is 1.70 bits per heavy atom. The molecule has 1 aromatic heterocycles. The van der Waals surface area contributed by atoms with Gasteiger partial charge in [0.15, 0.2) is 11.5 Å². The van der Waals surface area contributed by atoms with Crippen LogP contribution in [-0.2, 0) is 0 Å². The van der Waals surface area contributed by atoms with Crippen LogP contribution in [0.1, 0.15) is 21.5 Å². The van der Waals surface area contributed by atoms with Crippen LogP contribution in [-0.4, -0.2) is 24.1 Å². The second-order valence-electron chi connectivity index (χ2n) is 6.51. The maximum Gasteiger partial charge on any atom is 0.255 e. The van der Waals surface area contributed by atoms with Gasteiger partial charge >= 0.3 is 0 Å². The van der Waals surface area contributed by atoms with Gasteiger partial charge in [0, 0.05) is 11.1 Å². The summed E-state index contributed by atoms with van der Waals surface area (Å²) < 4.78 is 11.3. The summed E-state index contributed by atoms with van der Waals surface area (Å²) in [6, 6.07) is 15.2. The molecule has 1 amide bonds. The monoisotopic (exact) mass is 360 g/mol. The molecule has 0 radical (unpaired) electrons. The fourth-order valence-corrected chi connectivity index (χ4v) is 3.12. The van der Waals surface area contributed by atoms with Crippen LogP contribution in [0.3, 0.4) is 0 Å². The molecule has 2 aromatic carbocycles. The van der Waals surface area contributed by atoms with Gasteiger partial charge in [-0.3, -0.25) is 9.78 Å². The van der Waals surface area contributed by atoms with Gasteiger partial charge in [-0.05, 0) is 55.3 Å². The Kier molecular flexibility index (Phi) is 4.50. The fourth-order valence-electron chi connectivity index (χ4n) is 3.12. The predicted molar refractivity (Wildman–Crippen MR) is 105 cm³/mol. The summed E-state index contributed by atoms with van der Waals surface area (Å²) in [5.41, 5.74) is 5.11. The molecule has 1 aliphatic rings. The number of amides is 1. The summed E-state index contributed by atoms with van der Waals surface area (Å²) in [6.07, 6.45) is 1.67. The molecule has 27 heavy (non-hydrogen) atoms. The first kappa shape index (κ1) is 17.1. The third kappa shape index (κ3) is 3.49. The van der Waals surface area contributed by atoms with Gasteiger partial charge in [0.2, 0.25) is 0 Å². The zero-order chi connectivity index (χ0) is 18.8. The molecule has 3 aromatic rings. The number of nitrogens with one attached hydrogen (secondary N) is 1. The number of fused-ring (bicyclic) bond motifs is 1. The number of aryl methyl sites for hydroxylation is 2. The lowest BCUT2D eigenvalue weighted by molar-refractivity contribution is 0.102. The van der Waals surface area contributed by atoms with Crippen molar-refractivity contribution >= 4 is 11.6 Å². The molecule has 1 N–H and O–H groups in total. The maximum absolute atomic E-state index is 12.4. The molecule has 0 aliphatic carbocycles. The van der Waals surface area contributed by atoms with Crippen molar-refractivity contribution in [2.45, 2.75) is 13.8 Å². The van der Waals surface area contributed by atoms with Crippen LogP contribution in [0.4, 0.5) is 5.69 Å². The topological polar surface area (TPSA) is 60.5 Å². The van der Waals surface area contributed by atoms with E-state index in [1.807, 2.05) is 62.4 Å². The Bertz CT molecular complexity index is 997. The number of pyridine rings is 1. The van der Waals surface area contributed by atoms with E-state index in [-0.39, 0.29) is 5.91 Å². The van der Waals surface area contributed by atoms with E-state index in [9.17, 15) is 4.79 Å². The van der Waals surface area contributed by atoms with E-state index < -0.39 is 0 Å². The molecule has 5 nitrogen and oxygen atoms in total. The number of anilines is 1. The first-order chi connectivity index (χ1) is 13.1. The summed E-state index contributed by atoms with van der Waals surface area (Å²) in [6.45, 7) is 5.05. The molecule has 0 fully saturated rings. The predicted octanol–water partition coefficient (Wildman–Crippen LogP) is 4.39. The zero-order valence-corrected chi connectivity index (χ0v) is 15.3. The molecule has 136 valence electrons. The van der Waals surface area contributed by atoms with Crippen molar-refractivity contribution < 1.29 is 14.3 Å². The second kappa shape index (κ2) is 7.11. The highest BCUT2D eigenvalue weighted by atomic mass is 16.6. The Balaban J connectivity index is 1.56. The van der Waals surface area contributed by atoms with Crippen molar-refractivity contribution in [3.05, 3.63) is 71.4 Å². The van der Waals surface area contributed by atoms with Crippen LogP contribution in [0.2, 0.25) is 0 Å². The van der Waals surface area contributed by atoms with Gasteiger partial charge < -0.3 is 14.8 Å². The van der Waals surface area contributed by atoms with E-state index >= 15 is 0 Å². The molecule has 0 bridgehead atoms. The summed E-state index contributed by atoms with van der Waals surface area (Å²) in [5.74, 6) is 1.36. The lowest BCUT2D eigenvalue weighted by Gasteiger charge is -2.20. The molecular formula is C22H20N2O3. The van der Waals surface area contributed by atoms with E-state index in [2.05, 4.69) is 10.3 Å². The number of carbonyl (C=O) groups excluding carboxylic acids is 1. The number of benzene rings is 2. The molecule has 1 aliphatic heterocycles. The lowest BCUT2D eigenvalue weighted by atomic mass is 10.0. The van der Waals surface area contributed by atoms with Gasteiger partial charge in [0.1, 0.15) is 13.2 Å². The SMILES string of the molecule is Cc1ccccc1C(=O)Nc1ccc(-c2cc3c(cc2C)OCCO3)nc1. The molecule has 0 saturated carbocycles.